The van der Waals surface area contributed by atoms with Gasteiger partial charge in [0.25, 0.3) is 0 Å². The quantitative estimate of drug-likeness (QED) is 0.656. The first-order valence-electron chi connectivity index (χ1n) is 11.0. The maximum atomic E-state index is 13.1. The van der Waals surface area contributed by atoms with Gasteiger partial charge in [-0.2, -0.15) is 5.26 Å². The molecule has 1 aromatic heterocycles. The van der Waals surface area contributed by atoms with Crippen LogP contribution in [0.4, 0.5) is 0 Å². The van der Waals surface area contributed by atoms with Gasteiger partial charge in [-0.25, -0.2) is 20.4 Å². The Balaban J connectivity index is 1.35. The molecule has 9 heteroatoms. The van der Waals surface area contributed by atoms with Crippen LogP contribution in [0.3, 0.4) is 0 Å². The minimum atomic E-state index is -0.527. The average molecular weight is 412 g/mol. The monoisotopic (exact) mass is 411 g/mol. The molecular weight excluding hydrogens is 382 g/mol. The molecule has 0 aromatic carbocycles. The van der Waals surface area contributed by atoms with Crippen LogP contribution >= 0.6 is 0 Å². The van der Waals surface area contributed by atoms with Gasteiger partial charge in [-0.05, 0) is 44.6 Å². The first-order chi connectivity index (χ1) is 14.7. The third-order valence-corrected chi connectivity index (χ3v) is 7.44. The Morgan fingerprint density at radius 2 is 2.00 bits per heavy atom. The molecule has 1 aliphatic carbocycles. The van der Waals surface area contributed by atoms with Gasteiger partial charge in [0.15, 0.2) is 0 Å². The van der Waals surface area contributed by atoms with Gasteiger partial charge in [0.2, 0.25) is 5.91 Å². The number of fused-ring (bicyclic) bond motifs is 1. The number of rotatable bonds is 4. The largest absolute Gasteiger partial charge is 0.381 e. The zero-order valence-electron chi connectivity index (χ0n) is 17.2. The summed E-state index contributed by atoms with van der Waals surface area (Å²) >= 11 is 0. The Morgan fingerprint density at radius 1 is 1.23 bits per heavy atom. The summed E-state index contributed by atoms with van der Waals surface area (Å²) in [5.41, 5.74) is 3.33. The molecule has 9 nitrogen and oxygen atoms in total. The number of hydrogen-bond acceptors (Lipinski definition) is 8. The van der Waals surface area contributed by atoms with Crippen LogP contribution < -0.4 is 16.1 Å². The summed E-state index contributed by atoms with van der Waals surface area (Å²) < 4.78 is 5.52. The van der Waals surface area contributed by atoms with Crippen molar-refractivity contribution in [1.29, 1.82) is 5.26 Å². The number of hydrazine groups is 1. The highest BCUT2D eigenvalue weighted by atomic mass is 16.5. The molecule has 5 rings (SSSR count). The zero-order chi connectivity index (χ0) is 20.7. The van der Waals surface area contributed by atoms with E-state index in [0.717, 1.165) is 44.7 Å². The van der Waals surface area contributed by atoms with Gasteiger partial charge in [-0.15, -0.1) is 0 Å². The number of carbonyl (C=O) groups excluding carboxylic acids is 1. The van der Waals surface area contributed by atoms with Crippen LogP contribution in [0.1, 0.15) is 44.3 Å². The highest BCUT2D eigenvalue weighted by Crippen LogP contribution is 2.44. The predicted octanol–water partition coefficient (Wildman–Crippen LogP) is 0.485. The van der Waals surface area contributed by atoms with E-state index in [9.17, 15) is 10.1 Å². The molecule has 0 bridgehead atoms. The van der Waals surface area contributed by atoms with Crippen molar-refractivity contribution < 1.29 is 9.53 Å². The maximum Gasteiger partial charge on any atom is 0.230 e. The molecule has 7 unspecified atom stereocenters. The number of hydrogen-bond donors (Lipinski definition) is 3. The lowest BCUT2D eigenvalue weighted by atomic mass is 9.70. The Hall–Kier alpha value is -2.12. The fraction of sp³-hybridized carbons (Fsp3) is 0.714. The molecule has 1 saturated carbocycles. The number of nitrogens with zero attached hydrogens (tertiary/aromatic N) is 4. The zero-order valence-corrected chi connectivity index (χ0v) is 17.2. The molecule has 4 fully saturated rings. The molecule has 0 radical (unpaired) electrons. The van der Waals surface area contributed by atoms with Crippen LogP contribution in [-0.2, 0) is 9.53 Å². The van der Waals surface area contributed by atoms with E-state index in [4.69, 9.17) is 4.74 Å². The van der Waals surface area contributed by atoms with E-state index < -0.39 is 12.0 Å². The SMILES string of the molecule is CC(C1CCOCC1)N1NC(C#N)C2C(=O)NC(C3CCC3c3ncccn3)NC21. The predicted molar refractivity (Wildman–Crippen MR) is 107 cm³/mol. The van der Waals surface area contributed by atoms with Crippen molar-refractivity contribution in [2.24, 2.45) is 17.8 Å². The van der Waals surface area contributed by atoms with Gasteiger partial charge >= 0.3 is 0 Å². The second-order valence-corrected chi connectivity index (χ2v) is 8.91. The highest BCUT2D eigenvalue weighted by molar-refractivity contribution is 5.82. The molecule has 1 amide bonds. The molecule has 7 atom stereocenters. The molecule has 0 spiro atoms. The standard InChI is InChI=1S/C21H29N7O2/c1-12(13-5-9-30-10-6-13)28-20-17(16(11-22)27-28)21(29)26-19(25-20)15-4-3-14(15)18-23-7-2-8-24-18/h2,7-8,12-17,19-20,25,27H,3-6,9-10H2,1H3,(H,26,29). The van der Waals surface area contributed by atoms with Gasteiger partial charge in [0, 0.05) is 43.5 Å². The Morgan fingerprint density at radius 3 is 2.67 bits per heavy atom. The van der Waals surface area contributed by atoms with E-state index in [1.807, 2.05) is 6.07 Å². The smallest absolute Gasteiger partial charge is 0.230 e. The van der Waals surface area contributed by atoms with Gasteiger partial charge in [0.1, 0.15) is 11.9 Å². The summed E-state index contributed by atoms with van der Waals surface area (Å²) in [6, 6.07) is 3.79. The number of aromatic nitrogens is 2. The number of carbonyl (C=O) groups is 1. The van der Waals surface area contributed by atoms with Gasteiger partial charge in [0.05, 0.1) is 24.3 Å². The lowest BCUT2D eigenvalue weighted by Crippen LogP contribution is -2.69. The van der Waals surface area contributed by atoms with E-state index in [-0.39, 0.29) is 36.1 Å². The first kappa shape index (κ1) is 19.8. The lowest BCUT2D eigenvalue weighted by molar-refractivity contribution is -0.132. The average Bonchev–Trinajstić information content (AvgIpc) is 3.13. The van der Waals surface area contributed by atoms with Crippen molar-refractivity contribution in [3.63, 3.8) is 0 Å². The minimum Gasteiger partial charge on any atom is -0.381 e. The van der Waals surface area contributed by atoms with Gasteiger partial charge < -0.3 is 10.1 Å². The van der Waals surface area contributed by atoms with Crippen LogP contribution in [0, 0.1) is 29.1 Å². The summed E-state index contributed by atoms with van der Waals surface area (Å²) in [5, 5.41) is 18.6. The van der Waals surface area contributed by atoms with E-state index in [2.05, 4.69) is 44.0 Å². The molecular formula is C21H29N7O2. The van der Waals surface area contributed by atoms with Crippen LogP contribution in [0.15, 0.2) is 18.5 Å². The summed E-state index contributed by atoms with van der Waals surface area (Å²) in [4.78, 5) is 21.9. The van der Waals surface area contributed by atoms with Crippen LogP contribution in [0.2, 0.25) is 0 Å². The van der Waals surface area contributed by atoms with E-state index >= 15 is 0 Å². The molecule has 3 aliphatic heterocycles. The van der Waals surface area contributed by atoms with E-state index in [1.165, 1.54) is 0 Å². The van der Waals surface area contributed by atoms with Crippen molar-refractivity contribution in [2.75, 3.05) is 13.2 Å². The van der Waals surface area contributed by atoms with Gasteiger partial charge in [-0.3, -0.25) is 10.1 Å². The van der Waals surface area contributed by atoms with Crippen molar-refractivity contribution in [2.45, 2.75) is 62.9 Å². The summed E-state index contributed by atoms with van der Waals surface area (Å²) in [6.07, 6.45) is 7.24. The Bertz CT molecular complexity index is 809. The topological polar surface area (TPSA) is 115 Å². The second kappa shape index (κ2) is 8.19. The molecule has 4 heterocycles. The third kappa shape index (κ3) is 3.38. The maximum absolute atomic E-state index is 13.1. The minimum absolute atomic E-state index is 0.0518. The van der Waals surface area contributed by atoms with Gasteiger partial charge in [-0.1, -0.05) is 0 Å². The molecule has 3 N–H and O–H groups in total. The Kier molecular flexibility index (Phi) is 5.41. The van der Waals surface area contributed by atoms with Crippen LogP contribution in [-0.4, -0.2) is 58.5 Å². The lowest BCUT2D eigenvalue weighted by Gasteiger charge is -2.47. The second-order valence-electron chi connectivity index (χ2n) is 8.91. The third-order valence-electron chi connectivity index (χ3n) is 7.44. The molecule has 30 heavy (non-hydrogen) atoms. The molecule has 3 saturated heterocycles. The number of ether oxygens (including phenoxy) is 1. The highest BCUT2D eigenvalue weighted by Gasteiger charge is 2.54. The van der Waals surface area contributed by atoms with Crippen molar-refractivity contribution in [3.8, 4) is 6.07 Å². The van der Waals surface area contributed by atoms with Crippen molar-refractivity contribution in [1.82, 2.24) is 31.0 Å². The van der Waals surface area contributed by atoms with E-state index in [0.29, 0.717) is 5.92 Å². The van der Waals surface area contributed by atoms with Crippen molar-refractivity contribution >= 4 is 5.91 Å². The number of amides is 1. The fourth-order valence-corrected chi connectivity index (χ4v) is 5.51. The Labute approximate surface area is 176 Å². The normalized spacial score (nSPS) is 38.2. The summed E-state index contributed by atoms with van der Waals surface area (Å²) in [5.74, 6) is 1.33. The summed E-state index contributed by atoms with van der Waals surface area (Å²) in [6.45, 7) is 3.74. The molecule has 1 aromatic rings. The van der Waals surface area contributed by atoms with Crippen molar-refractivity contribution in [3.05, 3.63) is 24.3 Å². The van der Waals surface area contributed by atoms with E-state index in [1.54, 1.807) is 12.4 Å². The van der Waals surface area contributed by atoms with Crippen LogP contribution in [0.5, 0.6) is 0 Å². The number of nitrogens with one attached hydrogen (secondary N) is 3. The fourth-order valence-electron chi connectivity index (χ4n) is 5.51. The summed E-state index contributed by atoms with van der Waals surface area (Å²) in [7, 11) is 0. The molecule has 160 valence electrons. The molecule has 4 aliphatic rings. The number of nitriles is 1. The first-order valence-corrected chi connectivity index (χ1v) is 11.0. The van der Waals surface area contributed by atoms with Crippen LogP contribution in [0.25, 0.3) is 0 Å².